The van der Waals surface area contributed by atoms with Crippen LogP contribution in [0.25, 0.3) is 11.4 Å². The van der Waals surface area contributed by atoms with Crippen LogP contribution in [-0.2, 0) is 16.1 Å². The third-order valence-electron chi connectivity index (χ3n) is 4.23. The summed E-state index contributed by atoms with van der Waals surface area (Å²) in [6, 6.07) is 7.45. The van der Waals surface area contributed by atoms with Gasteiger partial charge in [-0.25, -0.2) is 0 Å². The van der Waals surface area contributed by atoms with Gasteiger partial charge in [0.25, 0.3) is 0 Å². The van der Waals surface area contributed by atoms with Crippen molar-refractivity contribution in [2.24, 2.45) is 0 Å². The lowest BCUT2D eigenvalue weighted by Gasteiger charge is -2.35. The van der Waals surface area contributed by atoms with Gasteiger partial charge in [0.1, 0.15) is 0 Å². The lowest BCUT2D eigenvalue weighted by Crippen LogP contribution is -2.48. The van der Waals surface area contributed by atoms with Crippen molar-refractivity contribution in [3.63, 3.8) is 0 Å². The van der Waals surface area contributed by atoms with Crippen molar-refractivity contribution in [3.05, 3.63) is 41.9 Å². The molecule has 1 aliphatic heterocycles. The average molecular weight is 407 g/mol. The van der Waals surface area contributed by atoms with Gasteiger partial charge in [-0.1, -0.05) is 29.4 Å². The van der Waals surface area contributed by atoms with Crippen molar-refractivity contribution in [3.8, 4) is 11.4 Å². The molecular formula is C19H23ClN4O2S. The van der Waals surface area contributed by atoms with E-state index in [1.807, 2.05) is 47.6 Å². The van der Waals surface area contributed by atoms with Crippen LogP contribution in [0.15, 0.2) is 42.1 Å². The molecule has 0 bridgehead atoms. The highest BCUT2D eigenvalue weighted by atomic mass is 35.5. The number of hydrogen-bond acceptors (Lipinski definition) is 5. The van der Waals surface area contributed by atoms with Crippen LogP contribution in [0.5, 0.6) is 0 Å². The molecular weight excluding hydrogens is 384 g/mol. The number of carbonyl (C=O) groups is 1. The number of hydrogen-bond donors (Lipinski definition) is 0. The molecule has 2 heterocycles. The molecule has 1 amide bonds. The van der Waals surface area contributed by atoms with E-state index in [-0.39, 0.29) is 18.1 Å². The first-order valence-corrected chi connectivity index (χ1v) is 10.2. The minimum absolute atomic E-state index is 0.0589. The Morgan fingerprint density at radius 2 is 1.96 bits per heavy atom. The van der Waals surface area contributed by atoms with Crippen LogP contribution >= 0.6 is 23.4 Å². The predicted octanol–water partition coefficient (Wildman–Crippen LogP) is 3.51. The maximum atomic E-state index is 12.6. The van der Waals surface area contributed by atoms with Gasteiger partial charge in [0.05, 0.1) is 18.0 Å². The minimum Gasteiger partial charge on any atom is -0.372 e. The number of amides is 1. The molecule has 1 aliphatic rings. The summed E-state index contributed by atoms with van der Waals surface area (Å²) in [6.45, 7) is 9.60. The van der Waals surface area contributed by atoms with E-state index >= 15 is 0 Å². The molecule has 144 valence electrons. The molecule has 1 saturated heterocycles. The summed E-state index contributed by atoms with van der Waals surface area (Å²) >= 11 is 7.36. The van der Waals surface area contributed by atoms with Crippen molar-refractivity contribution in [2.45, 2.75) is 37.8 Å². The first kappa shape index (κ1) is 19.9. The van der Waals surface area contributed by atoms with Gasteiger partial charge in [0.15, 0.2) is 11.0 Å². The fourth-order valence-corrected chi connectivity index (χ4v) is 4.08. The van der Waals surface area contributed by atoms with Crippen LogP contribution in [0, 0.1) is 0 Å². The average Bonchev–Trinajstić information content (AvgIpc) is 3.02. The quantitative estimate of drug-likeness (QED) is 0.542. The molecule has 27 heavy (non-hydrogen) atoms. The number of nitrogens with zero attached hydrogens (tertiary/aromatic N) is 4. The fourth-order valence-electron chi connectivity index (χ4n) is 3.10. The number of morpholine rings is 1. The predicted molar refractivity (Wildman–Crippen MR) is 108 cm³/mol. The molecule has 6 nitrogen and oxygen atoms in total. The summed E-state index contributed by atoms with van der Waals surface area (Å²) in [7, 11) is 0. The zero-order valence-electron chi connectivity index (χ0n) is 15.5. The van der Waals surface area contributed by atoms with Gasteiger partial charge in [-0.05, 0) is 38.1 Å². The Bertz CT molecular complexity index is 799. The highest BCUT2D eigenvalue weighted by Gasteiger charge is 2.26. The van der Waals surface area contributed by atoms with E-state index in [1.165, 1.54) is 11.8 Å². The lowest BCUT2D eigenvalue weighted by molar-refractivity contribution is -0.140. The molecule has 1 aromatic heterocycles. The Labute approximate surface area is 168 Å². The summed E-state index contributed by atoms with van der Waals surface area (Å²) in [5.74, 6) is 1.13. The van der Waals surface area contributed by atoms with Crippen LogP contribution in [0.3, 0.4) is 0 Å². The molecule has 2 aromatic rings. The maximum Gasteiger partial charge on any atom is 0.233 e. The molecule has 0 N–H and O–H groups in total. The molecule has 8 heteroatoms. The lowest BCUT2D eigenvalue weighted by atomic mass is 10.2. The Balaban J connectivity index is 1.72. The van der Waals surface area contributed by atoms with E-state index < -0.39 is 0 Å². The van der Waals surface area contributed by atoms with Crippen molar-refractivity contribution >= 4 is 29.3 Å². The number of halogens is 1. The molecule has 0 spiro atoms. The van der Waals surface area contributed by atoms with E-state index in [0.717, 1.165) is 11.4 Å². The van der Waals surface area contributed by atoms with Crippen LogP contribution in [0.1, 0.15) is 13.8 Å². The Kier molecular flexibility index (Phi) is 6.57. The van der Waals surface area contributed by atoms with Crippen molar-refractivity contribution < 1.29 is 9.53 Å². The number of thioether (sulfide) groups is 1. The van der Waals surface area contributed by atoms with Crippen molar-refractivity contribution in [1.82, 2.24) is 19.7 Å². The highest BCUT2D eigenvalue weighted by Crippen LogP contribution is 2.25. The van der Waals surface area contributed by atoms with Crippen molar-refractivity contribution in [1.29, 1.82) is 0 Å². The highest BCUT2D eigenvalue weighted by molar-refractivity contribution is 7.99. The van der Waals surface area contributed by atoms with Crippen LogP contribution < -0.4 is 0 Å². The molecule has 1 aromatic carbocycles. The van der Waals surface area contributed by atoms with E-state index in [4.69, 9.17) is 16.3 Å². The maximum absolute atomic E-state index is 12.6. The number of carbonyl (C=O) groups excluding carboxylic acids is 1. The Hall–Kier alpha value is -1.83. The smallest absolute Gasteiger partial charge is 0.233 e. The van der Waals surface area contributed by atoms with Gasteiger partial charge in [-0.2, -0.15) is 0 Å². The standard InChI is InChI=1S/C19H23ClN4O2S/c1-4-9-24-18(15-5-7-16(20)8-6-15)21-22-19(24)27-12-17(25)23-10-13(2)26-14(3)11-23/h4-8,13-14H,1,9-12H2,2-3H3/t13-,14-/m0/s1. The Morgan fingerprint density at radius 3 is 2.59 bits per heavy atom. The topological polar surface area (TPSA) is 60.2 Å². The van der Waals surface area contributed by atoms with Gasteiger partial charge in [-0.3, -0.25) is 9.36 Å². The van der Waals surface area contributed by atoms with Gasteiger partial charge in [0.2, 0.25) is 5.91 Å². The van der Waals surface area contributed by atoms with Gasteiger partial charge < -0.3 is 9.64 Å². The zero-order valence-corrected chi connectivity index (χ0v) is 17.0. The third kappa shape index (κ3) is 4.91. The number of aromatic nitrogens is 3. The third-order valence-corrected chi connectivity index (χ3v) is 5.43. The van der Waals surface area contributed by atoms with Crippen LogP contribution in [-0.4, -0.2) is 56.6 Å². The zero-order chi connectivity index (χ0) is 19.4. The van der Waals surface area contributed by atoms with Crippen molar-refractivity contribution in [2.75, 3.05) is 18.8 Å². The summed E-state index contributed by atoms with van der Waals surface area (Å²) in [5.41, 5.74) is 0.919. The molecule has 3 rings (SSSR count). The summed E-state index contributed by atoms with van der Waals surface area (Å²) in [4.78, 5) is 14.5. The van der Waals surface area contributed by atoms with Gasteiger partial charge in [-0.15, -0.1) is 16.8 Å². The normalized spacial score (nSPS) is 19.9. The first-order valence-electron chi connectivity index (χ1n) is 8.84. The van der Waals surface area contributed by atoms with E-state index in [0.29, 0.717) is 35.6 Å². The van der Waals surface area contributed by atoms with Gasteiger partial charge in [0, 0.05) is 30.2 Å². The molecule has 0 aliphatic carbocycles. The second kappa shape index (κ2) is 8.91. The first-order chi connectivity index (χ1) is 13.0. The molecule has 2 atom stereocenters. The number of rotatable bonds is 6. The monoisotopic (exact) mass is 406 g/mol. The molecule has 0 radical (unpaired) electrons. The second-order valence-electron chi connectivity index (χ2n) is 6.56. The molecule has 0 unspecified atom stereocenters. The summed E-state index contributed by atoms with van der Waals surface area (Å²) in [5, 5.41) is 9.95. The summed E-state index contributed by atoms with van der Waals surface area (Å²) < 4.78 is 7.65. The SMILES string of the molecule is C=CCn1c(SCC(=O)N2C[C@H](C)O[C@@H](C)C2)nnc1-c1ccc(Cl)cc1. The summed E-state index contributed by atoms with van der Waals surface area (Å²) in [6.07, 6.45) is 1.91. The fraction of sp³-hybridized carbons (Fsp3) is 0.421. The number of allylic oxidation sites excluding steroid dienone is 1. The van der Waals surface area contributed by atoms with Crippen LogP contribution in [0.2, 0.25) is 5.02 Å². The van der Waals surface area contributed by atoms with E-state index in [2.05, 4.69) is 16.8 Å². The molecule has 1 fully saturated rings. The minimum atomic E-state index is 0.0589. The van der Waals surface area contributed by atoms with E-state index in [9.17, 15) is 4.79 Å². The number of ether oxygens (including phenoxy) is 1. The molecule has 0 saturated carbocycles. The second-order valence-corrected chi connectivity index (χ2v) is 7.94. The van der Waals surface area contributed by atoms with Crippen LogP contribution in [0.4, 0.5) is 0 Å². The number of benzene rings is 1. The van der Waals surface area contributed by atoms with E-state index in [1.54, 1.807) is 6.08 Å². The Morgan fingerprint density at radius 1 is 1.30 bits per heavy atom. The largest absolute Gasteiger partial charge is 0.372 e. The van der Waals surface area contributed by atoms with Gasteiger partial charge >= 0.3 is 0 Å².